The molecular weight excluding hydrogens is 516 g/mol. The number of cyclic esters (lactones) is 1. The van der Waals surface area contributed by atoms with Crippen molar-refractivity contribution in [3.8, 4) is 0 Å². The summed E-state index contributed by atoms with van der Waals surface area (Å²) in [6, 6.07) is 0. The number of rotatable bonds is 28. The van der Waals surface area contributed by atoms with Gasteiger partial charge in [0, 0.05) is 25.3 Å². The molecule has 1 N–H and O–H groups in total. The van der Waals surface area contributed by atoms with Gasteiger partial charge in [-0.05, 0) is 32.1 Å². The molecule has 0 radical (unpaired) electrons. The standard InChI is InChI=1S/C35H62O6/c1-3-4-5-6-7-8-9-10-11-13-16-19-22-25-32-27-29-35(41-34(32)39,30-40-31(2)36)28-24-21-18-15-12-14-17-20-23-26-33(37)38/h27H,3-26,28-30H2,1-2H3,(H,37,38). The molecule has 6 nitrogen and oxygen atoms in total. The topological polar surface area (TPSA) is 89.9 Å². The predicted molar refractivity (Wildman–Crippen MR) is 167 cm³/mol. The number of esters is 2. The molecule has 0 fully saturated rings. The molecule has 1 aliphatic heterocycles. The zero-order valence-corrected chi connectivity index (χ0v) is 26.7. The van der Waals surface area contributed by atoms with E-state index in [0.29, 0.717) is 12.8 Å². The van der Waals surface area contributed by atoms with Gasteiger partial charge in [-0.25, -0.2) is 4.79 Å². The lowest BCUT2D eigenvalue weighted by Crippen LogP contribution is -2.43. The second-order valence-corrected chi connectivity index (χ2v) is 12.4. The molecule has 0 aromatic rings. The Bertz CT molecular complexity index is 730. The van der Waals surface area contributed by atoms with Gasteiger partial charge in [0.2, 0.25) is 0 Å². The molecule has 0 saturated carbocycles. The van der Waals surface area contributed by atoms with Crippen molar-refractivity contribution >= 4 is 17.9 Å². The van der Waals surface area contributed by atoms with Gasteiger partial charge in [0.1, 0.15) is 12.2 Å². The molecule has 0 saturated heterocycles. The Kier molecular flexibility index (Phi) is 22.4. The monoisotopic (exact) mass is 578 g/mol. The predicted octanol–water partition coefficient (Wildman–Crippen LogP) is 10.0. The van der Waals surface area contributed by atoms with E-state index in [1.165, 1.54) is 90.4 Å². The summed E-state index contributed by atoms with van der Waals surface area (Å²) in [6.07, 6.45) is 30.9. The molecule has 0 aliphatic carbocycles. The highest BCUT2D eigenvalue weighted by Crippen LogP contribution is 2.32. The minimum Gasteiger partial charge on any atom is -0.481 e. The van der Waals surface area contributed by atoms with E-state index in [4.69, 9.17) is 14.6 Å². The van der Waals surface area contributed by atoms with Crippen LogP contribution in [0.2, 0.25) is 0 Å². The fraction of sp³-hybridized carbons (Fsp3) is 0.857. The molecule has 41 heavy (non-hydrogen) atoms. The number of hydrogen-bond donors (Lipinski definition) is 1. The first-order valence-electron chi connectivity index (χ1n) is 17.2. The van der Waals surface area contributed by atoms with Crippen molar-refractivity contribution in [2.75, 3.05) is 6.61 Å². The highest BCUT2D eigenvalue weighted by Gasteiger charge is 2.38. The third-order valence-electron chi connectivity index (χ3n) is 8.40. The van der Waals surface area contributed by atoms with Gasteiger partial charge in [0.15, 0.2) is 0 Å². The van der Waals surface area contributed by atoms with E-state index in [0.717, 1.165) is 69.8 Å². The number of aliphatic carboxylic acids is 1. The van der Waals surface area contributed by atoms with Crippen molar-refractivity contribution in [2.45, 2.75) is 186 Å². The molecule has 238 valence electrons. The maximum absolute atomic E-state index is 12.9. The van der Waals surface area contributed by atoms with Crippen LogP contribution in [0, 0.1) is 0 Å². The van der Waals surface area contributed by atoms with E-state index in [9.17, 15) is 14.4 Å². The number of ether oxygens (including phenoxy) is 2. The van der Waals surface area contributed by atoms with E-state index in [2.05, 4.69) is 6.92 Å². The quantitative estimate of drug-likeness (QED) is 0.0734. The zero-order valence-electron chi connectivity index (χ0n) is 26.7. The molecule has 0 bridgehead atoms. The summed E-state index contributed by atoms with van der Waals surface area (Å²) in [7, 11) is 0. The van der Waals surface area contributed by atoms with Crippen LogP contribution in [0.4, 0.5) is 0 Å². The maximum atomic E-state index is 12.9. The summed E-state index contributed by atoms with van der Waals surface area (Å²) in [5.41, 5.74) is 0.0572. The van der Waals surface area contributed by atoms with Gasteiger partial charge in [-0.2, -0.15) is 0 Å². The van der Waals surface area contributed by atoms with E-state index >= 15 is 0 Å². The number of carboxylic acids is 1. The normalized spacial score (nSPS) is 16.8. The van der Waals surface area contributed by atoms with Crippen LogP contribution >= 0.6 is 0 Å². The molecule has 1 atom stereocenters. The second kappa shape index (κ2) is 24.7. The molecular formula is C35H62O6. The van der Waals surface area contributed by atoms with Crippen molar-refractivity contribution in [2.24, 2.45) is 0 Å². The average molecular weight is 579 g/mol. The maximum Gasteiger partial charge on any atom is 0.334 e. The van der Waals surface area contributed by atoms with Gasteiger partial charge < -0.3 is 14.6 Å². The first-order chi connectivity index (χ1) is 19.9. The SMILES string of the molecule is CCCCCCCCCCCCCCCC1=CCC(CCCCCCCCCCCC(=O)O)(COC(C)=O)OC1=O. The Morgan fingerprint density at radius 1 is 0.756 bits per heavy atom. The molecule has 1 unspecified atom stereocenters. The average Bonchev–Trinajstić information content (AvgIpc) is 2.94. The van der Waals surface area contributed by atoms with E-state index in [1.807, 2.05) is 6.08 Å². The lowest BCUT2D eigenvalue weighted by molar-refractivity contribution is -0.171. The third kappa shape index (κ3) is 20.6. The lowest BCUT2D eigenvalue weighted by atomic mass is 9.88. The third-order valence-corrected chi connectivity index (χ3v) is 8.40. The van der Waals surface area contributed by atoms with Crippen molar-refractivity contribution in [1.29, 1.82) is 0 Å². The summed E-state index contributed by atoms with van der Waals surface area (Å²) in [5, 5.41) is 8.69. The molecule has 0 aromatic heterocycles. The summed E-state index contributed by atoms with van der Waals surface area (Å²) in [5.74, 6) is -1.28. The number of carbonyl (C=O) groups excluding carboxylic acids is 2. The van der Waals surface area contributed by atoms with Gasteiger partial charge in [-0.1, -0.05) is 135 Å². The number of carbonyl (C=O) groups is 3. The van der Waals surface area contributed by atoms with Crippen LogP contribution in [0.15, 0.2) is 11.6 Å². The lowest BCUT2D eigenvalue weighted by Gasteiger charge is -2.35. The number of hydrogen-bond acceptors (Lipinski definition) is 5. The summed E-state index contributed by atoms with van der Waals surface area (Å²) >= 11 is 0. The molecule has 0 spiro atoms. The van der Waals surface area contributed by atoms with E-state index in [1.54, 1.807) is 0 Å². The Balaban J connectivity index is 2.21. The van der Waals surface area contributed by atoms with Crippen LogP contribution in [0.3, 0.4) is 0 Å². The van der Waals surface area contributed by atoms with Crippen molar-refractivity contribution < 1.29 is 29.0 Å². The van der Waals surface area contributed by atoms with Crippen LogP contribution in [0.25, 0.3) is 0 Å². The van der Waals surface area contributed by atoms with Gasteiger partial charge in [-0.3, -0.25) is 9.59 Å². The highest BCUT2D eigenvalue weighted by atomic mass is 16.6. The van der Waals surface area contributed by atoms with Gasteiger partial charge in [0.25, 0.3) is 0 Å². The molecule has 1 aliphatic rings. The smallest absolute Gasteiger partial charge is 0.334 e. The van der Waals surface area contributed by atoms with Gasteiger partial charge >= 0.3 is 17.9 Å². The van der Waals surface area contributed by atoms with Crippen molar-refractivity contribution in [3.05, 3.63) is 11.6 Å². The van der Waals surface area contributed by atoms with Crippen LogP contribution in [-0.2, 0) is 23.9 Å². The first kappa shape index (κ1) is 37.2. The molecule has 1 rings (SSSR count). The van der Waals surface area contributed by atoms with E-state index in [-0.39, 0.29) is 25.0 Å². The van der Waals surface area contributed by atoms with Crippen LogP contribution in [-0.4, -0.2) is 35.2 Å². The van der Waals surface area contributed by atoms with Gasteiger partial charge in [-0.15, -0.1) is 0 Å². The Morgan fingerprint density at radius 3 is 1.68 bits per heavy atom. The highest BCUT2D eigenvalue weighted by molar-refractivity contribution is 5.89. The van der Waals surface area contributed by atoms with E-state index < -0.39 is 11.6 Å². The molecule has 0 amide bonds. The number of unbranched alkanes of at least 4 members (excludes halogenated alkanes) is 20. The Morgan fingerprint density at radius 2 is 1.22 bits per heavy atom. The van der Waals surface area contributed by atoms with Crippen molar-refractivity contribution in [1.82, 2.24) is 0 Å². The molecule has 1 heterocycles. The second-order valence-electron chi connectivity index (χ2n) is 12.4. The Labute approximate surface area is 251 Å². The fourth-order valence-electron chi connectivity index (χ4n) is 5.74. The molecule has 0 aromatic carbocycles. The van der Waals surface area contributed by atoms with Gasteiger partial charge in [0.05, 0.1) is 0 Å². The minimum atomic E-state index is -0.730. The van der Waals surface area contributed by atoms with Crippen LogP contribution < -0.4 is 0 Å². The van der Waals surface area contributed by atoms with Crippen molar-refractivity contribution in [3.63, 3.8) is 0 Å². The molecule has 6 heteroatoms. The van der Waals surface area contributed by atoms with Crippen LogP contribution in [0.5, 0.6) is 0 Å². The minimum absolute atomic E-state index is 0.132. The number of carboxylic acid groups (broad SMARTS) is 1. The summed E-state index contributed by atoms with van der Waals surface area (Å²) in [4.78, 5) is 34.9. The fourth-order valence-corrected chi connectivity index (χ4v) is 5.74. The Hall–Kier alpha value is -1.85. The van der Waals surface area contributed by atoms with Crippen LogP contribution in [0.1, 0.15) is 181 Å². The zero-order chi connectivity index (χ0) is 30.0. The summed E-state index contributed by atoms with van der Waals surface area (Å²) in [6.45, 7) is 3.80. The largest absolute Gasteiger partial charge is 0.481 e. The first-order valence-corrected chi connectivity index (χ1v) is 17.2. The summed E-state index contributed by atoms with van der Waals surface area (Å²) < 4.78 is 11.3.